The minimum atomic E-state index is -2.79. The minimum absolute atomic E-state index is 0.712. The highest BCUT2D eigenvalue weighted by Crippen LogP contribution is 2.41. The molecule has 0 aliphatic carbocycles. The number of benzene rings is 1. The second kappa shape index (κ2) is 4.71. The van der Waals surface area contributed by atoms with Gasteiger partial charge in [0.1, 0.15) is 0 Å². The van der Waals surface area contributed by atoms with Crippen LogP contribution in [0.5, 0.6) is 0 Å². The van der Waals surface area contributed by atoms with Crippen molar-refractivity contribution in [2.45, 2.75) is 13.8 Å². The molecule has 0 saturated heterocycles. The summed E-state index contributed by atoms with van der Waals surface area (Å²) in [6.45, 7) is 3.35. The molecule has 1 aromatic carbocycles. The van der Waals surface area contributed by atoms with Gasteiger partial charge in [-0.1, -0.05) is 30.0 Å². The fraction of sp³-hybridized carbons (Fsp3) is 0.167. The topological polar surface area (TPSA) is 17.1 Å². The van der Waals surface area contributed by atoms with Crippen molar-refractivity contribution in [1.82, 2.24) is 0 Å². The van der Waals surface area contributed by atoms with Crippen molar-refractivity contribution in [3.8, 4) is 23.2 Å². The summed E-state index contributed by atoms with van der Waals surface area (Å²) >= 11 is 0. The Morgan fingerprint density at radius 3 is 1.93 bits per heavy atom. The van der Waals surface area contributed by atoms with E-state index in [2.05, 4.69) is 23.2 Å². The maximum Gasteiger partial charge on any atom is 0.250 e. The van der Waals surface area contributed by atoms with Crippen LogP contribution in [0.4, 0.5) is 0 Å². The van der Waals surface area contributed by atoms with Gasteiger partial charge in [0, 0.05) is 5.30 Å². The first kappa shape index (κ1) is 10.6. The molecule has 14 heavy (non-hydrogen) atoms. The van der Waals surface area contributed by atoms with Gasteiger partial charge >= 0.3 is 0 Å². The number of hydrogen-bond acceptors (Lipinski definition) is 1. The Balaban J connectivity index is 3.30. The average molecular weight is 202 g/mol. The third-order valence-electron chi connectivity index (χ3n) is 1.66. The van der Waals surface area contributed by atoms with E-state index in [1.54, 1.807) is 26.0 Å². The smallest absolute Gasteiger partial charge is 0.250 e. The molecule has 70 valence electrons. The summed E-state index contributed by atoms with van der Waals surface area (Å²) in [5.41, 5.74) is 5.42. The molecular weight excluding hydrogens is 191 g/mol. The maximum atomic E-state index is 12.3. The fourth-order valence-electron chi connectivity index (χ4n) is 1.11. The van der Waals surface area contributed by atoms with Gasteiger partial charge in [0.25, 0.3) is 7.14 Å². The molecule has 0 aliphatic rings. The molecule has 0 bridgehead atoms. The van der Waals surface area contributed by atoms with Crippen LogP contribution >= 0.6 is 7.14 Å². The lowest BCUT2D eigenvalue weighted by atomic mass is 10.4. The normalized spacial score (nSPS) is 9.29. The highest BCUT2D eigenvalue weighted by atomic mass is 31.2. The third-order valence-corrected chi connectivity index (χ3v) is 3.76. The molecule has 1 rings (SSSR count). The van der Waals surface area contributed by atoms with E-state index in [1.807, 2.05) is 18.2 Å². The van der Waals surface area contributed by atoms with E-state index in [4.69, 9.17) is 0 Å². The summed E-state index contributed by atoms with van der Waals surface area (Å²) in [5.74, 6) is 5.35. The van der Waals surface area contributed by atoms with E-state index in [0.717, 1.165) is 0 Å². The second-order valence-electron chi connectivity index (χ2n) is 2.67. The average Bonchev–Trinajstić information content (AvgIpc) is 2.20. The summed E-state index contributed by atoms with van der Waals surface area (Å²) in [6, 6.07) is 9.17. The van der Waals surface area contributed by atoms with Crippen LogP contribution < -0.4 is 5.30 Å². The molecule has 0 amide bonds. The standard InChI is InChI=1S/C12H11OP/c1-3-10-14(13,11-4-2)12-8-6-5-7-9-12/h5-9H,1-2H3. The lowest BCUT2D eigenvalue weighted by Gasteiger charge is -2.03. The number of rotatable bonds is 1. The van der Waals surface area contributed by atoms with Crippen molar-refractivity contribution < 1.29 is 4.57 Å². The van der Waals surface area contributed by atoms with Gasteiger partial charge < -0.3 is 0 Å². The predicted molar refractivity (Wildman–Crippen MR) is 60.6 cm³/mol. The molecule has 0 radical (unpaired) electrons. The highest BCUT2D eigenvalue weighted by molar-refractivity contribution is 7.80. The summed E-state index contributed by atoms with van der Waals surface area (Å²) < 4.78 is 12.3. The van der Waals surface area contributed by atoms with Crippen LogP contribution in [0, 0.1) is 23.2 Å². The van der Waals surface area contributed by atoms with Gasteiger partial charge in [0.15, 0.2) is 0 Å². The van der Waals surface area contributed by atoms with Gasteiger partial charge in [-0.15, -0.1) is 0 Å². The molecule has 0 atom stereocenters. The molecule has 1 nitrogen and oxygen atoms in total. The highest BCUT2D eigenvalue weighted by Gasteiger charge is 2.17. The molecule has 0 fully saturated rings. The van der Waals surface area contributed by atoms with E-state index in [0.29, 0.717) is 5.30 Å². The fourth-order valence-corrected chi connectivity index (χ4v) is 2.65. The van der Waals surface area contributed by atoms with Crippen molar-refractivity contribution in [3.63, 3.8) is 0 Å². The summed E-state index contributed by atoms with van der Waals surface area (Å²) in [4.78, 5) is 0. The van der Waals surface area contributed by atoms with E-state index >= 15 is 0 Å². The van der Waals surface area contributed by atoms with Crippen LogP contribution in [0.3, 0.4) is 0 Å². The van der Waals surface area contributed by atoms with Crippen molar-refractivity contribution in [3.05, 3.63) is 30.3 Å². The molecule has 0 aliphatic heterocycles. The Bertz CT molecular complexity index is 442. The zero-order valence-corrected chi connectivity index (χ0v) is 9.14. The first-order chi connectivity index (χ1) is 6.73. The second-order valence-corrected chi connectivity index (χ2v) is 4.85. The zero-order chi connectivity index (χ0) is 10.4. The molecule has 0 saturated carbocycles. The Kier molecular flexibility index (Phi) is 3.58. The Labute approximate surface area is 84.9 Å². The van der Waals surface area contributed by atoms with E-state index in [-0.39, 0.29) is 0 Å². The first-order valence-electron chi connectivity index (χ1n) is 4.26. The Morgan fingerprint density at radius 1 is 1.00 bits per heavy atom. The van der Waals surface area contributed by atoms with Gasteiger partial charge in [-0.25, -0.2) is 0 Å². The minimum Gasteiger partial charge on any atom is -0.291 e. The molecule has 0 aromatic heterocycles. The lowest BCUT2D eigenvalue weighted by molar-refractivity contribution is 0.593. The van der Waals surface area contributed by atoms with Crippen LogP contribution in [0.25, 0.3) is 0 Å². The monoisotopic (exact) mass is 202 g/mol. The molecule has 1 aromatic rings. The molecule has 2 heteroatoms. The van der Waals surface area contributed by atoms with Crippen LogP contribution in [0.1, 0.15) is 13.8 Å². The van der Waals surface area contributed by atoms with Crippen molar-refractivity contribution in [1.29, 1.82) is 0 Å². The SMILES string of the molecule is CC#CP(=O)(C#CC)c1ccccc1. The Morgan fingerprint density at radius 2 is 1.50 bits per heavy atom. The van der Waals surface area contributed by atoms with Gasteiger partial charge in [-0.2, -0.15) is 0 Å². The largest absolute Gasteiger partial charge is 0.291 e. The van der Waals surface area contributed by atoms with Gasteiger partial charge in [-0.3, -0.25) is 4.57 Å². The molecular formula is C12H11OP. The maximum absolute atomic E-state index is 12.3. The van der Waals surface area contributed by atoms with Gasteiger partial charge in [0.05, 0.1) is 0 Å². The summed E-state index contributed by atoms with van der Waals surface area (Å²) in [7, 11) is -2.79. The first-order valence-corrected chi connectivity index (χ1v) is 5.97. The Hall–Kier alpha value is -1.43. The van der Waals surface area contributed by atoms with Crippen molar-refractivity contribution >= 4 is 12.4 Å². The lowest BCUT2D eigenvalue weighted by Crippen LogP contribution is -2.00. The molecule has 0 spiro atoms. The van der Waals surface area contributed by atoms with Crippen LogP contribution in [0.15, 0.2) is 30.3 Å². The van der Waals surface area contributed by atoms with Gasteiger partial charge in [0.2, 0.25) is 0 Å². The molecule has 0 heterocycles. The van der Waals surface area contributed by atoms with Crippen molar-refractivity contribution in [2.24, 2.45) is 0 Å². The number of hydrogen-bond donors (Lipinski definition) is 0. The quantitative estimate of drug-likeness (QED) is 0.505. The van der Waals surface area contributed by atoms with E-state index in [1.165, 1.54) is 0 Å². The van der Waals surface area contributed by atoms with E-state index < -0.39 is 7.14 Å². The van der Waals surface area contributed by atoms with E-state index in [9.17, 15) is 4.57 Å². The van der Waals surface area contributed by atoms with Crippen LogP contribution in [-0.2, 0) is 4.57 Å². The third kappa shape index (κ3) is 2.29. The molecule has 0 unspecified atom stereocenters. The van der Waals surface area contributed by atoms with Crippen molar-refractivity contribution in [2.75, 3.05) is 0 Å². The summed E-state index contributed by atoms with van der Waals surface area (Å²) in [6.07, 6.45) is 0. The zero-order valence-electron chi connectivity index (χ0n) is 8.24. The van der Waals surface area contributed by atoms with Gasteiger partial charge in [-0.05, 0) is 37.3 Å². The molecule has 0 N–H and O–H groups in total. The summed E-state index contributed by atoms with van der Waals surface area (Å²) in [5, 5.41) is 0.712. The van der Waals surface area contributed by atoms with Crippen LogP contribution in [-0.4, -0.2) is 0 Å². The van der Waals surface area contributed by atoms with Crippen LogP contribution in [0.2, 0.25) is 0 Å². The predicted octanol–water partition coefficient (Wildman–Crippen LogP) is 2.64.